The Kier molecular flexibility index (Phi) is 4.83. The molecule has 1 atom stereocenters. The third-order valence-corrected chi connectivity index (χ3v) is 3.50. The van der Waals surface area contributed by atoms with Gasteiger partial charge in [0, 0.05) is 17.4 Å². The highest BCUT2D eigenvalue weighted by Crippen LogP contribution is 2.32. The van der Waals surface area contributed by atoms with Crippen LogP contribution in [0.2, 0.25) is 0 Å². The summed E-state index contributed by atoms with van der Waals surface area (Å²) in [6, 6.07) is 11.4. The molecule has 0 aliphatic carbocycles. The molecule has 0 saturated heterocycles. The predicted octanol–water partition coefficient (Wildman–Crippen LogP) is 2.13. The van der Waals surface area contributed by atoms with Gasteiger partial charge in [-0.2, -0.15) is 0 Å². The monoisotopic (exact) mass is 330 g/mol. The normalized spacial score (nSPS) is 13.9. The van der Waals surface area contributed by atoms with E-state index in [4.69, 9.17) is 14.6 Å². The van der Waals surface area contributed by atoms with Crippen LogP contribution in [-0.2, 0) is 0 Å². The number of hydrogen-bond acceptors (Lipinski definition) is 5. The summed E-state index contributed by atoms with van der Waals surface area (Å²) in [5, 5.41) is 24.0. The molecule has 0 saturated carbocycles. The van der Waals surface area contributed by atoms with Crippen molar-refractivity contribution in [3.8, 4) is 11.5 Å². The van der Waals surface area contributed by atoms with E-state index in [1.165, 1.54) is 0 Å². The Morgan fingerprint density at radius 1 is 1.04 bits per heavy atom. The maximum absolute atomic E-state index is 12.1. The number of amides is 2. The van der Waals surface area contributed by atoms with Gasteiger partial charge >= 0.3 is 6.03 Å². The summed E-state index contributed by atoms with van der Waals surface area (Å²) in [6.07, 6.45) is -0.979. The number of hydrogen-bond donors (Lipinski definition) is 4. The van der Waals surface area contributed by atoms with Crippen molar-refractivity contribution in [1.82, 2.24) is 0 Å². The van der Waals surface area contributed by atoms with E-state index >= 15 is 0 Å². The van der Waals surface area contributed by atoms with E-state index in [0.29, 0.717) is 41.7 Å². The van der Waals surface area contributed by atoms with Gasteiger partial charge < -0.3 is 30.3 Å². The lowest BCUT2D eigenvalue weighted by atomic mass is 10.1. The minimum Gasteiger partial charge on any atom is -0.486 e. The first kappa shape index (κ1) is 16.1. The van der Waals surface area contributed by atoms with Crippen LogP contribution in [0.3, 0.4) is 0 Å². The van der Waals surface area contributed by atoms with Gasteiger partial charge in [-0.25, -0.2) is 4.79 Å². The Balaban J connectivity index is 1.65. The second-order valence-electron chi connectivity index (χ2n) is 5.26. The Morgan fingerprint density at radius 3 is 2.50 bits per heavy atom. The van der Waals surface area contributed by atoms with E-state index in [2.05, 4.69) is 10.6 Å². The van der Waals surface area contributed by atoms with Crippen LogP contribution in [0.5, 0.6) is 11.5 Å². The van der Waals surface area contributed by atoms with Gasteiger partial charge in [-0.15, -0.1) is 0 Å². The number of nitrogens with one attached hydrogen (secondary N) is 2. The van der Waals surface area contributed by atoms with Gasteiger partial charge in [-0.3, -0.25) is 0 Å². The smallest absolute Gasteiger partial charge is 0.323 e. The zero-order valence-electron chi connectivity index (χ0n) is 12.9. The van der Waals surface area contributed by atoms with Crippen molar-refractivity contribution in [1.29, 1.82) is 0 Å². The van der Waals surface area contributed by atoms with Gasteiger partial charge in [-0.05, 0) is 29.8 Å². The Morgan fingerprint density at radius 2 is 1.75 bits per heavy atom. The van der Waals surface area contributed by atoms with Crippen molar-refractivity contribution in [2.45, 2.75) is 6.10 Å². The molecule has 126 valence electrons. The van der Waals surface area contributed by atoms with Crippen molar-refractivity contribution in [2.75, 3.05) is 30.5 Å². The number of benzene rings is 2. The first-order valence-corrected chi connectivity index (χ1v) is 7.52. The summed E-state index contributed by atoms with van der Waals surface area (Å²) in [5.41, 5.74) is 1.60. The number of aliphatic hydroxyl groups excluding tert-OH is 2. The summed E-state index contributed by atoms with van der Waals surface area (Å²) >= 11 is 0. The standard InChI is InChI=1S/C17H18N2O5/c20-10-14(21)11-2-1-3-12(8-11)18-17(22)19-13-4-5-15-16(9-13)24-7-6-23-15/h1-5,8-9,14,20-21H,6-7,10H2,(H2,18,19,22)/t14-/m0/s1. The molecule has 3 rings (SSSR count). The summed E-state index contributed by atoms with van der Waals surface area (Å²) in [4.78, 5) is 12.1. The molecule has 2 amide bonds. The molecular weight excluding hydrogens is 312 g/mol. The second kappa shape index (κ2) is 7.20. The first-order chi connectivity index (χ1) is 11.7. The Hall–Kier alpha value is -2.77. The number of carbonyl (C=O) groups excluding carboxylic acids is 1. The van der Waals surface area contributed by atoms with Crippen LogP contribution < -0.4 is 20.1 Å². The predicted molar refractivity (Wildman–Crippen MR) is 88.6 cm³/mol. The zero-order chi connectivity index (χ0) is 16.9. The first-order valence-electron chi connectivity index (χ1n) is 7.52. The molecule has 1 aliphatic rings. The molecule has 0 aromatic heterocycles. The highest BCUT2D eigenvalue weighted by Gasteiger charge is 2.13. The van der Waals surface area contributed by atoms with E-state index in [-0.39, 0.29) is 6.61 Å². The minimum absolute atomic E-state index is 0.382. The largest absolute Gasteiger partial charge is 0.486 e. The van der Waals surface area contributed by atoms with Gasteiger partial charge in [0.05, 0.1) is 6.61 Å². The molecule has 24 heavy (non-hydrogen) atoms. The lowest BCUT2D eigenvalue weighted by Crippen LogP contribution is -2.20. The summed E-state index contributed by atoms with van der Waals surface area (Å²) in [7, 11) is 0. The third kappa shape index (κ3) is 3.76. The maximum atomic E-state index is 12.1. The van der Waals surface area contributed by atoms with Gasteiger partial charge in [0.2, 0.25) is 0 Å². The quantitative estimate of drug-likeness (QED) is 0.688. The van der Waals surface area contributed by atoms with Crippen molar-refractivity contribution in [3.63, 3.8) is 0 Å². The number of rotatable bonds is 4. The van der Waals surface area contributed by atoms with E-state index in [1.54, 1.807) is 42.5 Å². The molecule has 4 N–H and O–H groups in total. The molecule has 1 heterocycles. The zero-order valence-corrected chi connectivity index (χ0v) is 12.9. The van der Waals surface area contributed by atoms with Crippen molar-refractivity contribution < 1.29 is 24.5 Å². The number of urea groups is 1. The number of aliphatic hydroxyl groups is 2. The van der Waals surface area contributed by atoms with E-state index in [0.717, 1.165) is 0 Å². The van der Waals surface area contributed by atoms with Crippen LogP contribution in [0.25, 0.3) is 0 Å². The highest BCUT2D eigenvalue weighted by atomic mass is 16.6. The summed E-state index contributed by atoms with van der Waals surface area (Å²) < 4.78 is 10.9. The van der Waals surface area contributed by atoms with Crippen LogP contribution >= 0.6 is 0 Å². The third-order valence-electron chi connectivity index (χ3n) is 3.50. The lowest BCUT2D eigenvalue weighted by Gasteiger charge is -2.19. The highest BCUT2D eigenvalue weighted by molar-refractivity contribution is 6.00. The Labute approximate surface area is 138 Å². The molecule has 0 radical (unpaired) electrons. The fraction of sp³-hybridized carbons (Fsp3) is 0.235. The molecule has 0 unspecified atom stereocenters. The van der Waals surface area contributed by atoms with Crippen molar-refractivity contribution in [3.05, 3.63) is 48.0 Å². The second-order valence-corrected chi connectivity index (χ2v) is 5.26. The molecule has 0 bridgehead atoms. The van der Waals surface area contributed by atoms with Crippen molar-refractivity contribution in [2.24, 2.45) is 0 Å². The molecule has 2 aromatic rings. The molecule has 1 aliphatic heterocycles. The van der Waals surface area contributed by atoms with E-state index < -0.39 is 12.1 Å². The van der Waals surface area contributed by atoms with Gasteiger partial charge in [0.25, 0.3) is 0 Å². The van der Waals surface area contributed by atoms with Gasteiger partial charge in [0.1, 0.15) is 19.3 Å². The van der Waals surface area contributed by atoms with E-state index in [1.807, 2.05) is 0 Å². The molecule has 7 nitrogen and oxygen atoms in total. The van der Waals surface area contributed by atoms with Crippen LogP contribution in [0.4, 0.5) is 16.2 Å². The number of ether oxygens (including phenoxy) is 2. The topological polar surface area (TPSA) is 100 Å². The average Bonchev–Trinajstić information content (AvgIpc) is 2.61. The van der Waals surface area contributed by atoms with E-state index in [9.17, 15) is 9.90 Å². The molecular formula is C17H18N2O5. The van der Waals surface area contributed by atoms with Gasteiger partial charge in [0.15, 0.2) is 11.5 Å². The number of carbonyl (C=O) groups is 1. The van der Waals surface area contributed by atoms with Crippen LogP contribution in [0, 0.1) is 0 Å². The Bertz CT molecular complexity index is 735. The molecule has 0 spiro atoms. The molecule has 0 fully saturated rings. The molecule has 2 aromatic carbocycles. The average molecular weight is 330 g/mol. The molecule has 7 heteroatoms. The van der Waals surface area contributed by atoms with Gasteiger partial charge in [-0.1, -0.05) is 12.1 Å². The van der Waals surface area contributed by atoms with Crippen molar-refractivity contribution >= 4 is 17.4 Å². The maximum Gasteiger partial charge on any atom is 0.323 e. The fourth-order valence-corrected chi connectivity index (χ4v) is 2.34. The van der Waals surface area contributed by atoms with Crippen LogP contribution in [0.15, 0.2) is 42.5 Å². The lowest BCUT2D eigenvalue weighted by molar-refractivity contribution is 0.0956. The summed E-state index contributed by atoms with van der Waals surface area (Å²) in [6.45, 7) is 0.603. The minimum atomic E-state index is -0.979. The van der Waals surface area contributed by atoms with Crippen LogP contribution in [-0.4, -0.2) is 36.1 Å². The number of anilines is 2. The van der Waals surface area contributed by atoms with Crippen LogP contribution in [0.1, 0.15) is 11.7 Å². The fourth-order valence-electron chi connectivity index (χ4n) is 2.34. The SMILES string of the molecule is O=C(Nc1cccc([C@@H](O)CO)c1)Nc1ccc2c(c1)OCCO2. The summed E-state index contributed by atoms with van der Waals surface area (Å²) in [5.74, 6) is 1.24. The number of fused-ring (bicyclic) bond motifs is 1.